The molecule has 0 aliphatic carbocycles. The van der Waals surface area contributed by atoms with Gasteiger partial charge >= 0.3 is 0 Å². The monoisotopic (exact) mass is 459 g/mol. The Bertz CT molecular complexity index is 926. The van der Waals surface area contributed by atoms with Crippen molar-refractivity contribution in [2.75, 3.05) is 25.0 Å². The molecule has 2 aliphatic heterocycles. The molecule has 0 unspecified atom stereocenters. The van der Waals surface area contributed by atoms with E-state index in [2.05, 4.69) is 15.5 Å². The van der Waals surface area contributed by atoms with Crippen molar-refractivity contribution in [2.45, 2.75) is 38.1 Å². The molecule has 2 aromatic rings. The van der Waals surface area contributed by atoms with Crippen molar-refractivity contribution in [1.29, 1.82) is 0 Å². The van der Waals surface area contributed by atoms with E-state index in [1.54, 1.807) is 42.5 Å². The summed E-state index contributed by atoms with van der Waals surface area (Å²) in [4.78, 5) is 27.8. The van der Waals surface area contributed by atoms with Crippen molar-refractivity contribution in [3.05, 3.63) is 63.6 Å². The number of amides is 2. The van der Waals surface area contributed by atoms with E-state index in [1.807, 2.05) is 0 Å². The molecule has 164 valence electrons. The molecule has 7 heteroatoms. The van der Waals surface area contributed by atoms with Crippen LogP contribution >= 0.6 is 23.2 Å². The summed E-state index contributed by atoms with van der Waals surface area (Å²) in [6, 6.07) is 12.4. The van der Waals surface area contributed by atoms with Crippen molar-refractivity contribution in [2.24, 2.45) is 5.92 Å². The highest BCUT2D eigenvalue weighted by Gasteiger charge is 2.32. The number of anilines is 1. The lowest BCUT2D eigenvalue weighted by Gasteiger charge is -2.44. The number of halogens is 2. The zero-order chi connectivity index (χ0) is 21.8. The molecule has 5 nitrogen and oxygen atoms in total. The molecule has 0 radical (unpaired) electrons. The fourth-order valence-electron chi connectivity index (χ4n) is 4.75. The number of fused-ring (bicyclic) bond motifs is 1. The molecule has 2 N–H and O–H groups in total. The van der Waals surface area contributed by atoms with Crippen molar-refractivity contribution in [3.63, 3.8) is 0 Å². The lowest BCUT2D eigenvalue weighted by atomic mass is 9.83. The van der Waals surface area contributed by atoms with E-state index in [0.717, 1.165) is 0 Å². The van der Waals surface area contributed by atoms with Crippen molar-refractivity contribution in [1.82, 2.24) is 10.2 Å². The summed E-state index contributed by atoms with van der Waals surface area (Å²) in [6.07, 6.45) is 6.21. The number of rotatable bonds is 5. The zero-order valence-corrected chi connectivity index (χ0v) is 18.9. The van der Waals surface area contributed by atoms with Crippen LogP contribution in [0.1, 0.15) is 52.8 Å². The van der Waals surface area contributed by atoms with Gasteiger partial charge in [-0.15, -0.1) is 0 Å². The molecule has 0 spiro atoms. The van der Waals surface area contributed by atoms with Gasteiger partial charge in [-0.1, -0.05) is 35.7 Å². The van der Waals surface area contributed by atoms with Crippen LogP contribution in [0, 0.1) is 5.92 Å². The molecular formula is C24H27Cl2N3O2. The van der Waals surface area contributed by atoms with E-state index >= 15 is 0 Å². The summed E-state index contributed by atoms with van der Waals surface area (Å²) in [5, 5.41) is 6.47. The molecule has 2 amide bonds. The van der Waals surface area contributed by atoms with Crippen LogP contribution in [0.2, 0.25) is 10.0 Å². The molecule has 0 saturated carbocycles. The Morgan fingerprint density at radius 2 is 1.61 bits per heavy atom. The maximum Gasteiger partial charge on any atom is 0.258 e. The van der Waals surface area contributed by atoms with E-state index in [-0.39, 0.29) is 17.4 Å². The number of hydrogen-bond donors (Lipinski definition) is 2. The number of piperidine rings is 2. The quantitative estimate of drug-likeness (QED) is 0.642. The smallest absolute Gasteiger partial charge is 0.258 e. The minimum Gasteiger partial charge on any atom is -0.352 e. The van der Waals surface area contributed by atoms with Crippen LogP contribution in [0.25, 0.3) is 0 Å². The van der Waals surface area contributed by atoms with E-state index in [1.165, 1.54) is 45.2 Å². The van der Waals surface area contributed by atoms with Crippen LogP contribution in [0.3, 0.4) is 0 Å². The maximum absolute atomic E-state index is 12.6. The van der Waals surface area contributed by atoms with Gasteiger partial charge in [-0.3, -0.25) is 9.59 Å². The predicted molar refractivity (Wildman–Crippen MR) is 125 cm³/mol. The first-order valence-electron chi connectivity index (χ1n) is 10.9. The van der Waals surface area contributed by atoms with Gasteiger partial charge in [-0.25, -0.2) is 0 Å². The Kier molecular flexibility index (Phi) is 7.16. The Labute approximate surface area is 193 Å². The Morgan fingerprint density at radius 3 is 2.35 bits per heavy atom. The van der Waals surface area contributed by atoms with Crippen LogP contribution in [0.4, 0.5) is 5.69 Å². The molecular weight excluding hydrogens is 433 g/mol. The first-order chi connectivity index (χ1) is 15.0. The number of carbonyl (C=O) groups excluding carboxylic acids is 2. The fraction of sp³-hybridized carbons (Fsp3) is 0.417. The number of carbonyl (C=O) groups is 2. The molecule has 2 fully saturated rings. The van der Waals surface area contributed by atoms with Crippen molar-refractivity contribution in [3.8, 4) is 0 Å². The van der Waals surface area contributed by atoms with Crippen molar-refractivity contribution >= 4 is 40.7 Å². The zero-order valence-electron chi connectivity index (χ0n) is 17.4. The largest absolute Gasteiger partial charge is 0.352 e. The van der Waals surface area contributed by atoms with Crippen LogP contribution in [-0.2, 0) is 0 Å². The molecule has 2 aliphatic rings. The number of hydrogen-bond acceptors (Lipinski definition) is 3. The van der Waals surface area contributed by atoms with Gasteiger partial charge in [0.25, 0.3) is 11.8 Å². The molecule has 2 saturated heterocycles. The minimum absolute atomic E-state index is 0.0834. The second-order valence-electron chi connectivity index (χ2n) is 8.34. The number of nitrogens with zero attached hydrogens (tertiary/aromatic N) is 1. The van der Waals surface area contributed by atoms with Gasteiger partial charge in [0.2, 0.25) is 0 Å². The summed E-state index contributed by atoms with van der Waals surface area (Å²) in [5.41, 5.74) is 1.38. The highest BCUT2D eigenvalue weighted by molar-refractivity contribution is 6.40. The van der Waals surface area contributed by atoms with Crippen LogP contribution in [-0.4, -0.2) is 42.4 Å². The third kappa shape index (κ3) is 5.22. The second-order valence-corrected chi connectivity index (χ2v) is 9.15. The van der Waals surface area contributed by atoms with E-state index in [4.69, 9.17) is 23.2 Å². The van der Waals surface area contributed by atoms with Crippen LogP contribution < -0.4 is 10.6 Å². The van der Waals surface area contributed by atoms with Gasteiger partial charge in [0.05, 0.1) is 15.6 Å². The average Bonchev–Trinajstić information content (AvgIpc) is 2.78. The first kappa shape index (κ1) is 22.1. The number of benzene rings is 2. The van der Waals surface area contributed by atoms with Gasteiger partial charge in [0.15, 0.2) is 0 Å². The Morgan fingerprint density at radius 1 is 0.903 bits per heavy atom. The van der Waals surface area contributed by atoms with Crippen LogP contribution in [0.5, 0.6) is 0 Å². The third-order valence-corrected chi connectivity index (χ3v) is 6.98. The molecule has 4 rings (SSSR count). The fourth-order valence-corrected chi connectivity index (χ4v) is 5.32. The SMILES string of the molecule is O=C(NC[C@H]1CCCN2CCCC[C@H]12)c1ccc(NC(=O)c2c(Cl)cccc2Cl)cc1. The van der Waals surface area contributed by atoms with E-state index in [9.17, 15) is 9.59 Å². The summed E-state index contributed by atoms with van der Waals surface area (Å²) < 4.78 is 0. The molecule has 2 heterocycles. The third-order valence-electron chi connectivity index (χ3n) is 6.35. The number of nitrogens with one attached hydrogen (secondary N) is 2. The highest BCUT2D eigenvalue weighted by Crippen LogP contribution is 2.30. The standard InChI is InChI=1S/C24H27Cl2N3O2/c25-19-6-3-7-20(26)22(19)24(31)28-18-11-9-16(10-12-18)23(30)27-15-17-5-4-14-29-13-2-1-8-21(17)29/h3,6-7,9-12,17,21H,1-2,4-5,8,13-15H2,(H,27,30)(H,28,31)/t17-,21-/m1/s1. The second kappa shape index (κ2) is 10.0. The molecule has 2 atom stereocenters. The lowest BCUT2D eigenvalue weighted by molar-refractivity contribution is 0.0575. The van der Waals surface area contributed by atoms with E-state index in [0.29, 0.717) is 39.8 Å². The Balaban J connectivity index is 1.33. The normalized spacial score (nSPS) is 21.2. The van der Waals surface area contributed by atoms with Crippen molar-refractivity contribution < 1.29 is 9.59 Å². The summed E-state index contributed by atoms with van der Waals surface area (Å²) in [5.74, 6) is 0.0547. The first-order valence-corrected chi connectivity index (χ1v) is 11.7. The highest BCUT2D eigenvalue weighted by atomic mass is 35.5. The van der Waals surface area contributed by atoms with Gasteiger partial charge in [-0.2, -0.15) is 0 Å². The topological polar surface area (TPSA) is 61.4 Å². The summed E-state index contributed by atoms with van der Waals surface area (Å²) >= 11 is 12.2. The predicted octanol–water partition coefficient (Wildman–Crippen LogP) is 5.24. The van der Waals surface area contributed by atoms with Gasteiger partial charge in [0.1, 0.15) is 0 Å². The summed E-state index contributed by atoms with van der Waals surface area (Å²) in [6.45, 7) is 3.10. The molecule has 31 heavy (non-hydrogen) atoms. The lowest BCUT2D eigenvalue weighted by Crippen LogP contribution is -2.51. The van der Waals surface area contributed by atoms with Gasteiger partial charge in [0, 0.05) is 23.8 Å². The molecule has 2 aromatic carbocycles. The minimum atomic E-state index is -0.387. The molecule has 0 bridgehead atoms. The maximum atomic E-state index is 12.6. The summed E-state index contributed by atoms with van der Waals surface area (Å²) in [7, 11) is 0. The molecule has 0 aromatic heterocycles. The average molecular weight is 460 g/mol. The Hall–Kier alpha value is -2.08. The van der Waals surface area contributed by atoms with Gasteiger partial charge < -0.3 is 15.5 Å². The van der Waals surface area contributed by atoms with Gasteiger partial charge in [-0.05, 0) is 81.1 Å². The van der Waals surface area contributed by atoms with E-state index < -0.39 is 0 Å². The van der Waals surface area contributed by atoms with Crippen LogP contribution in [0.15, 0.2) is 42.5 Å².